The summed E-state index contributed by atoms with van der Waals surface area (Å²) in [7, 11) is 0. The van der Waals surface area contributed by atoms with Crippen LogP contribution < -0.4 is 15.4 Å². The summed E-state index contributed by atoms with van der Waals surface area (Å²) in [6, 6.07) is 17.5. The Labute approximate surface area is 191 Å². The van der Waals surface area contributed by atoms with Crippen LogP contribution in [0.2, 0.25) is 10.0 Å². The zero-order valence-corrected chi connectivity index (χ0v) is 18.7. The largest absolute Gasteiger partial charge is 0.484 e. The Kier molecular flexibility index (Phi) is 7.55. The third kappa shape index (κ3) is 6.23. The molecule has 0 aliphatic carbocycles. The van der Waals surface area contributed by atoms with E-state index in [9.17, 15) is 9.59 Å². The summed E-state index contributed by atoms with van der Waals surface area (Å²) >= 11 is 12.0. The molecule has 0 fully saturated rings. The minimum Gasteiger partial charge on any atom is -0.484 e. The molecule has 2 amide bonds. The molecule has 0 atom stereocenters. The van der Waals surface area contributed by atoms with Crippen molar-refractivity contribution in [2.24, 2.45) is 0 Å². The van der Waals surface area contributed by atoms with Gasteiger partial charge >= 0.3 is 0 Å². The Hall–Kier alpha value is -3.02. The lowest BCUT2D eigenvalue weighted by molar-refractivity contribution is -0.123. The number of hydrogen-bond acceptors (Lipinski definition) is 3. The molecule has 0 bridgehead atoms. The highest BCUT2D eigenvalue weighted by Crippen LogP contribution is 2.21. The number of amides is 2. The summed E-state index contributed by atoms with van der Waals surface area (Å²) in [5.74, 6) is -0.0106. The molecule has 7 heteroatoms. The van der Waals surface area contributed by atoms with Crippen LogP contribution in [-0.2, 0) is 11.3 Å². The molecule has 0 spiro atoms. The van der Waals surface area contributed by atoms with Gasteiger partial charge in [0.2, 0.25) is 0 Å². The maximum absolute atomic E-state index is 12.5. The molecule has 0 radical (unpaired) electrons. The van der Waals surface area contributed by atoms with E-state index in [1.807, 2.05) is 32.0 Å². The fourth-order valence-corrected chi connectivity index (χ4v) is 3.32. The number of aryl methyl sites for hydroxylation is 1. The van der Waals surface area contributed by atoms with Crippen LogP contribution in [0, 0.1) is 13.8 Å². The Morgan fingerprint density at radius 3 is 2.42 bits per heavy atom. The summed E-state index contributed by atoms with van der Waals surface area (Å²) in [4.78, 5) is 24.5. The predicted molar refractivity (Wildman–Crippen MR) is 124 cm³/mol. The van der Waals surface area contributed by atoms with Crippen molar-refractivity contribution in [1.29, 1.82) is 0 Å². The van der Waals surface area contributed by atoms with Crippen molar-refractivity contribution in [1.82, 2.24) is 5.32 Å². The normalized spacial score (nSPS) is 10.5. The van der Waals surface area contributed by atoms with Crippen LogP contribution in [0.3, 0.4) is 0 Å². The van der Waals surface area contributed by atoms with Crippen molar-refractivity contribution in [3.63, 3.8) is 0 Å². The van der Waals surface area contributed by atoms with E-state index in [0.29, 0.717) is 21.4 Å². The summed E-state index contributed by atoms with van der Waals surface area (Å²) in [6.07, 6.45) is 0. The third-order valence-corrected chi connectivity index (χ3v) is 5.42. The van der Waals surface area contributed by atoms with Gasteiger partial charge in [0.25, 0.3) is 11.8 Å². The molecular weight excluding hydrogens is 435 g/mol. The van der Waals surface area contributed by atoms with Gasteiger partial charge in [0.05, 0.1) is 0 Å². The van der Waals surface area contributed by atoms with Gasteiger partial charge in [0.15, 0.2) is 6.61 Å². The molecule has 160 valence electrons. The smallest absolute Gasteiger partial charge is 0.258 e. The van der Waals surface area contributed by atoms with Crippen molar-refractivity contribution < 1.29 is 14.3 Å². The molecule has 31 heavy (non-hydrogen) atoms. The minimum atomic E-state index is -0.289. The number of carbonyl (C=O) groups is 2. The molecule has 0 saturated heterocycles. The molecular formula is C24H22Cl2N2O3. The highest BCUT2D eigenvalue weighted by atomic mass is 35.5. The molecule has 0 heterocycles. The van der Waals surface area contributed by atoms with E-state index in [-0.39, 0.29) is 25.0 Å². The number of halogens is 2. The van der Waals surface area contributed by atoms with Crippen LogP contribution in [0.25, 0.3) is 0 Å². The van der Waals surface area contributed by atoms with E-state index < -0.39 is 0 Å². The first kappa shape index (κ1) is 22.7. The number of hydrogen-bond donors (Lipinski definition) is 2. The Bertz CT molecular complexity index is 1100. The summed E-state index contributed by atoms with van der Waals surface area (Å²) < 4.78 is 5.50. The summed E-state index contributed by atoms with van der Waals surface area (Å²) in [5, 5.41) is 6.68. The van der Waals surface area contributed by atoms with Gasteiger partial charge in [-0.2, -0.15) is 0 Å². The maximum atomic E-state index is 12.5. The summed E-state index contributed by atoms with van der Waals surface area (Å²) in [5.41, 5.74) is 4.18. The fraction of sp³-hybridized carbons (Fsp3) is 0.167. The van der Waals surface area contributed by atoms with Crippen molar-refractivity contribution in [3.8, 4) is 5.75 Å². The van der Waals surface area contributed by atoms with Gasteiger partial charge in [-0.25, -0.2) is 0 Å². The molecule has 3 aromatic rings. The number of rotatable bonds is 7. The van der Waals surface area contributed by atoms with Crippen LogP contribution in [0.5, 0.6) is 5.75 Å². The number of anilines is 1. The van der Waals surface area contributed by atoms with Crippen LogP contribution >= 0.6 is 23.2 Å². The minimum absolute atomic E-state index is 0.154. The van der Waals surface area contributed by atoms with E-state index in [1.54, 1.807) is 42.5 Å². The lowest BCUT2D eigenvalue weighted by Crippen LogP contribution is -2.28. The van der Waals surface area contributed by atoms with E-state index in [0.717, 1.165) is 22.4 Å². The van der Waals surface area contributed by atoms with Gasteiger partial charge in [-0.15, -0.1) is 0 Å². The molecule has 2 N–H and O–H groups in total. The van der Waals surface area contributed by atoms with Gasteiger partial charge in [0.1, 0.15) is 5.75 Å². The second kappa shape index (κ2) is 10.3. The zero-order chi connectivity index (χ0) is 22.4. The molecule has 3 aromatic carbocycles. The number of nitrogens with one attached hydrogen (secondary N) is 2. The number of benzene rings is 3. The molecule has 0 aliphatic rings. The van der Waals surface area contributed by atoms with Gasteiger partial charge in [-0.3, -0.25) is 9.59 Å². The maximum Gasteiger partial charge on any atom is 0.258 e. The van der Waals surface area contributed by atoms with Gasteiger partial charge < -0.3 is 15.4 Å². The van der Waals surface area contributed by atoms with E-state index in [2.05, 4.69) is 10.6 Å². The monoisotopic (exact) mass is 456 g/mol. The first-order valence-corrected chi connectivity index (χ1v) is 10.4. The van der Waals surface area contributed by atoms with Crippen molar-refractivity contribution in [2.75, 3.05) is 11.9 Å². The predicted octanol–water partition coefficient (Wildman–Crippen LogP) is 5.56. The van der Waals surface area contributed by atoms with Gasteiger partial charge in [-0.1, -0.05) is 41.4 Å². The van der Waals surface area contributed by atoms with Crippen LogP contribution in [0.15, 0.2) is 60.7 Å². The first-order chi connectivity index (χ1) is 14.8. The second-order valence-electron chi connectivity index (χ2n) is 7.03. The van der Waals surface area contributed by atoms with Gasteiger partial charge in [-0.05, 0) is 73.0 Å². The first-order valence-electron chi connectivity index (χ1n) is 9.64. The van der Waals surface area contributed by atoms with E-state index in [1.165, 1.54) is 0 Å². The molecule has 0 aromatic heterocycles. The van der Waals surface area contributed by atoms with Gasteiger partial charge in [0, 0.05) is 27.8 Å². The Morgan fingerprint density at radius 1 is 0.968 bits per heavy atom. The molecule has 5 nitrogen and oxygen atoms in total. The number of ether oxygens (including phenoxy) is 1. The lowest BCUT2D eigenvalue weighted by Gasteiger charge is -2.11. The summed E-state index contributed by atoms with van der Waals surface area (Å²) in [6.45, 7) is 4.08. The van der Waals surface area contributed by atoms with Crippen molar-refractivity contribution >= 4 is 40.7 Å². The van der Waals surface area contributed by atoms with Crippen molar-refractivity contribution in [2.45, 2.75) is 20.4 Å². The standard InChI is InChI=1S/C24H22Cl2N2O3/c1-15-4-3-5-22(16(15)2)28-24(30)17-7-10-20(11-8-17)31-14-23(29)27-13-18-6-9-19(25)12-21(18)26/h3-12H,13-14H2,1-2H3,(H,27,29)(H,28,30). The van der Waals surface area contributed by atoms with E-state index in [4.69, 9.17) is 27.9 Å². The SMILES string of the molecule is Cc1cccc(NC(=O)c2ccc(OCC(=O)NCc3ccc(Cl)cc3Cl)cc2)c1C. The highest BCUT2D eigenvalue weighted by Gasteiger charge is 2.10. The Balaban J connectivity index is 1.50. The number of carbonyl (C=O) groups excluding carboxylic acids is 2. The average molecular weight is 457 g/mol. The molecule has 0 saturated carbocycles. The fourth-order valence-electron chi connectivity index (χ4n) is 2.84. The van der Waals surface area contributed by atoms with Crippen LogP contribution in [-0.4, -0.2) is 18.4 Å². The van der Waals surface area contributed by atoms with Crippen LogP contribution in [0.1, 0.15) is 27.0 Å². The molecule has 0 unspecified atom stereocenters. The zero-order valence-electron chi connectivity index (χ0n) is 17.2. The lowest BCUT2D eigenvalue weighted by atomic mass is 10.1. The van der Waals surface area contributed by atoms with Crippen LogP contribution in [0.4, 0.5) is 5.69 Å². The second-order valence-corrected chi connectivity index (χ2v) is 7.87. The van der Waals surface area contributed by atoms with Crippen molar-refractivity contribution in [3.05, 3.63) is 93.0 Å². The van der Waals surface area contributed by atoms with E-state index >= 15 is 0 Å². The molecule has 0 aliphatic heterocycles. The topological polar surface area (TPSA) is 67.4 Å². The molecule has 3 rings (SSSR count). The third-order valence-electron chi connectivity index (χ3n) is 4.83. The quantitative estimate of drug-likeness (QED) is 0.488. The highest BCUT2D eigenvalue weighted by molar-refractivity contribution is 6.35. The average Bonchev–Trinajstić information content (AvgIpc) is 2.75. The Morgan fingerprint density at radius 2 is 1.71 bits per heavy atom.